The van der Waals surface area contributed by atoms with E-state index < -0.39 is 17.9 Å². The second-order valence-corrected chi connectivity index (χ2v) is 6.10. The normalized spacial score (nSPS) is 13.5. The van der Waals surface area contributed by atoms with Crippen molar-refractivity contribution in [3.05, 3.63) is 27.2 Å². The van der Waals surface area contributed by atoms with Crippen molar-refractivity contribution in [3.63, 3.8) is 0 Å². The number of carbonyl (C=O) groups is 2. The predicted molar refractivity (Wildman–Crippen MR) is 89.0 cm³/mol. The number of nitrogens with one attached hydrogen (secondary N) is 2. The number of rotatable bonds is 7. The summed E-state index contributed by atoms with van der Waals surface area (Å²) < 4.78 is 0. The maximum Gasteiger partial charge on any atom is 0.320 e. The molecule has 1 rings (SSSR count). The van der Waals surface area contributed by atoms with Crippen LogP contribution in [-0.2, 0) is 9.59 Å². The summed E-state index contributed by atoms with van der Waals surface area (Å²) in [5.74, 6) is -1.51. The summed E-state index contributed by atoms with van der Waals surface area (Å²) in [6.45, 7) is 3.54. The molecule has 3 N–H and O–H groups in total. The minimum Gasteiger partial charge on any atom is -0.480 e. The van der Waals surface area contributed by atoms with Crippen LogP contribution in [0.1, 0.15) is 20.3 Å². The number of hydrogen-bond donors (Lipinski definition) is 3. The Hall–Kier alpha value is -1.01. The molecule has 0 aliphatic rings. The van der Waals surface area contributed by atoms with Gasteiger partial charge in [-0.15, -0.1) is 0 Å². The SMILES string of the molecule is CC[C@H](C)[C@H](NCC(=O)Nc1cc(Cl)c(Cl)cc1Cl)C(=O)O. The first-order valence-corrected chi connectivity index (χ1v) is 7.80. The van der Waals surface area contributed by atoms with Crippen molar-refractivity contribution in [1.29, 1.82) is 0 Å². The summed E-state index contributed by atoms with van der Waals surface area (Å²) in [7, 11) is 0. The van der Waals surface area contributed by atoms with E-state index in [4.69, 9.17) is 39.9 Å². The van der Waals surface area contributed by atoms with Crippen molar-refractivity contribution in [3.8, 4) is 0 Å². The Morgan fingerprint density at radius 2 is 1.77 bits per heavy atom. The lowest BCUT2D eigenvalue weighted by Gasteiger charge is -2.20. The van der Waals surface area contributed by atoms with E-state index in [9.17, 15) is 9.59 Å². The largest absolute Gasteiger partial charge is 0.480 e. The molecule has 1 amide bonds. The maximum atomic E-state index is 11.9. The van der Waals surface area contributed by atoms with Crippen LogP contribution < -0.4 is 10.6 Å². The molecule has 0 unspecified atom stereocenters. The molecular weight excluding hydrogens is 351 g/mol. The number of carboxylic acids is 1. The number of carboxylic acid groups (broad SMARTS) is 1. The molecule has 122 valence electrons. The molecule has 2 atom stereocenters. The predicted octanol–water partition coefficient (Wildman–Crippen LogP) is 3.67. The molecule has 0 bridgehead atoms. The zero-order valence-electron chi connectivity index (χ0n) is 12.1. The van der Waals surface area contributed by atoms with Gasteiger partial charge in [-0.05, 0) is 18.1 Å². The zero-order chi connectivity index (χ0) is 16.9. The van der Waals surface area contributed by atoms with Gasteiger partial charge in [0.1, 0.15) is 6.04 Å². The molecule has 0 saturated heterocycles. The van der Waals surface area contributed by atoms with E-state index in [1.165, 1.54) is 12.1 Å². The van der Waals surface area contributed by atoms with E-state index in [1.807, 2.05) is 6.92 Å². The molecule has 0 fully saturated rings. The highest BCUT2D eigenvalue weighted by molar-refractivity contribution is 6.44. The van der Waals surface area contributed by atoms with Gasteiger partial charge in [0.05, 0.1) is 27.3 Å². The molecule has 1 aromatic rings. The quantitative estimate of drug-likeness (QED) is 0.642. The number of benzene rings is 1. The first kappa shape index (κ1) is 19.0. The fourth-order valence-electron chi connectivity index (χ4n) is 1.78. The smallest absolute Gasteiger partial charge is 0.320 e. The Balaban J connectivity index is 2.67. The van der Waals surface area contributed by atoms with Gasteiger partial charge in [0.15, 0.2) is 0 Å². The molecule has 1 aromatic carbocycles. The van der Waals surface area contributed by atoms with Gasteiger partial charge in [0.25, 0.3) is 0 Å². The number of anilines is 1. The van der Waals surface area contributed by atoms with Crippen molar-refractivity contribution >= 4 is 52.4 Å². The Bertz CT molecular complexity index is 567. The van der Waals surface area contributed by atoms with Gasteiger partial charge in [-0.3, -0.25) is 14.9 Å². The van der Waals surface area contributed by atoms with Crippen molar-refractivity contribution in [2.75, 3.05) is 11.9 Å². The van der Waals surface area contributed by atoms with Crippen molar-refractivity contribution in [2.45, 2.75) is 26.3 Å². The molecule has 0 aliphatic heterocycles. The van der Waals surface area contributed by atoms with E-state index in [1.54, 1.807) is 6.92 Å². The average Bonchev–Trinajstić information content (AvgIpc) is 2.44. The molecule has 0 radical (unpaired) electrons. The Labute approximate surface area is 143 Å². The van der Waals surface area contributed by atoms with Crippen molar-refractivity contribution in [1.82, 2.24) is 5.32 Å². The summed E-state index contributed by atoms with van der Waals surface area (Å²) in [4.78, 5) is 23.1. The average molecular weight is 368 g/mol. The van der Waals surface area contributed by atoms with Crippen LogP contribution in [-0.4, -0.2) is 29.6 Å². The molecule has 0 aliphatic carbocycles. The Kier molecular flexibility index (Phi) is 7.42. The van der Waals surface area contributed by atoms with E-state index in [0.717, 1.165) is 0 Å². The van der Waals surface area contributed by atoms with Crippen LogP contribution in [0.15, 0.2) is 12.1 Å². The molecular formula is C14H17Cl3N2O3. The number of hydrogen-bond acceptors (Lipinski definition) is 3. The van der Waals surface area contributed by atoms with Crippen molar-refractivity contribution < 1.29 is 14.7 Å². The van der Waals surface area contributed by atoms with Gasteiger partial charge in [0.2, 0.25) is 5.91 Å². The standard InChI is InChI=1S/C14H17Cl3N2O3/c1-3-7(2)13(14(21)22)18-6-12(20)19-11-5-9(16)8(15)4-10(11)17/h4-5,7,13,18H,3,6H2,1-2H3,(H,19,20)(H,21,22)/t7-,13-/m0/s1. The third-order valence-electron chi connectivity index (χ3n) is 3.25. The lowest BCUT2D eigenvalue weighted by molar-refractivity contribution is -0.140. The minimum atomic E-state index is -0.991. The summed E-state index contributed by atoms with van der Waals surface area (Å²) in [6.07, 6.45) is 0.685. The molecule has 0 heterocycles. The highest BCUT2D eigenvalue weighted by Gasteiger charge is 2.23. The number of carbonyl (C=O) groups excluding carboxylic acids is 1. The van der Waals surface area contributed by atoms with Gasteiger partial charge in [0, 0.05) is 0 Å². The third kappa shape index (κ3) is 5.32. The molecule has 0 spiro atoms. The first-order chi connectivity index (χ1) is 10.3. The molecule has 0 aromatic heterocycles. The summed E-state index contributed by atoms with van der Waals surface area (Å²) in [6, 6.07) is 2.07. The van der Waals surface area contributed by atoms with Crippen LogP contribution >= 0.6 is 34.8 Å². The summed E-state index contributed by atoms with van der Waals surface area (Å²) in [5, 5.41) is 15.2. The van der Waals surface area contributed by atoms with Gasteiger partial charge >= 0.3 is 5.97 Å². The summed E-state index contributed by atoms with van der Waals surface area (Å²) in [5.41, 5.74) is 0.318. The minimum absolute atomic E-state index is 0.0983. The molecule has 22 heavy (non-hydrogen) atoms. The lowest BCUT2D eigenvalue weighted by Crippen LogP contribution is -2.45. The number of halogens is 3. The van der Waals surface area contributed by atoms with Crippen LogP contribution in [0, 0.1) is 5.92 Å². The van der Waals surface area contributed by atoms with E-state index in [0.29, 0.717) is 12.1 Å². The highest BCUT2D eigenvalue weighted by Crippen LogP contribution is 2.32. The van der Waals surface area contributed by atoms with Crippen LogP contribution in [0.2, 0.25) is 15.1 Å². The molecule has 8 heteroatoms. The molecule has 0 saturated carbocycles. The second kappa shape index (κ2) is 8.58. The topological polar surface area (TPSA) is 78.4 Å². The van der Waals surface area contributed by atoms with Crippen LogP contribution in [0.4, 0.5) is 5.69 Å². The Morgan fingerprint density at radius 1 is 1.18 bits per heavy atom. The van der Waals surface area contributed by atoms with E-state index in [-0.39, 0.29) is 27.5 Å². The second-order valence-electron chi connectivity index (χ2n) is 4.88. The van der Waals surface area contributed by atoms with Crippen LogP contribution in [0.25, 0.3) is 0 Å². The number of aliphatic carboxylic acids is 1. The van der Waals surface area contributed by atoms with Gasteiger partial charge < -0.3 is 10.4 Å². The Morgan fingerprint density at radius 3 is 2.32 bits per heavy atom. The fraction of sp³-hybridized carbons (Fsp3) is 0.429. The molecule has 5 nitrogen and oxygen atoms in total. The van der Waals surface area contributed by atoms with Crippen LogP contribution in [0.5, 0.6) is 0 Å². The van der Waals surface area contributed by atoms with Gasteiger partial charge in [-0.1, -0.05) is 55.1 Å². The van der Waals surface area contributed by atoms with Crippen LogP contribution in [0.3, 0.4) is 0 Å². The van der Waals surface area contributed by atoms with E-state index in [2.05, 4.69) is 10.6 Å². The van der Waals surface area contributed by atoms with E-state index >= 15 is 0 Å². The van der Waals surface area contributed by atoms with Crippen molar-refractivity contribution in [2.24, 2.45) is 5.92 Å². The monoisotopic (exact) mass is 366 g/mol. The van der Waals surface area contributed by atoms with Gasteiger partial charge in [-0.25, -0.2) is 0 Å². The number of amides is 1. The van der Waals surface area contributed by atoms with Gasteiger partial charge in [-0.2, -0.15) is 0 Å². The third-order valence-corrected chi connectivity index (χ3v) is 4.28. The summed E-state index contributed by atoms with van der Waals surface area (Å²) >= 11 is 17.6. The highest BCUT2D eigenvalue weighted by atomic mass is 35.5. The first-order valence-electron chi connectivity index (χ1n) is 6.66. The lowest BCUT2D eigenvalue weighted by atomic mass is 9.99. The maximum absolute atomic E-state index is 11.9. The fourth-order valence-corrected chi connectivity index (χ4v) is 2.38. The zero-order valence-corrected chi connectivity index (χ0v) is 14.4.